The summed E-state index contributed by atoms with van der Waals surface area (Å²) in [5, 5.41) is 0. The van der Waals surface area contributed by atoms with E-state index in [4.69, 9.17) is 5.73 Å². The van der Waals surface area contributed by atoms with Gasteiger partial charge >= 0.3 is 0 Å². The first-order valence-corrected chi connectivity index (χ1v) is 7.22. The molecule has 2 atom stereocenters. The molecule has 2 aliphatic carbocycles. The lowest BCUT2D eigenvalue weighted by molar-refractivity contribution is -0.139. The molecule has 0 aromatic carbocycles. The van der Waals surface area contributed by atoms with Crippen LogP contribution >= 0.6 is 12.4 Å². The fourth-order valence-electron chi connectivity index (χ4n) is 3.04. The largest absolute Gasteiger partial charge is 0.342 e. The van der Waals surface area contributed by atoms with Gasteiger partial charge in [0, 0.05) is 19.1 Å². The summed E-state index contributed by atoms with van der Waals surface area (Å²) in [6, 6.07) is 0.588. The molecule has 4 heteroatoms. The van der Waals surface area contributed by atoms with Gasteiger partial charge in [0.2, 0.25) is 5.91 Å². The van der Waals surface area contributed by atoms with Crippen LogP contribution in [-0.2, 0) is 4.79 Å². The van der Waals surface area contributed by atoms with Gasteiger partial charge in [-0.3, -0.25) is 4.79 Å². The van der Waals surface area contributed by atoms with Gasteiger partial charge < -0.3 is 10.6 Å². The van der Waals surface area contributed by atoms with Gasteiger partial charge in [0.15, 0.2) is 0 Å². The molecular formula is C14H27ClN2O. The summed E-state index contributed by atoms with van der Waals surface area (Å²) in [5.74, 6) is 0.394. The van der Waals surface area contributed by atoms with E-state index in [-0.39, 0.29) is 24.4 Å². The van der Waals surface area contributed by atoms with Crippen LogP contribution in [0, 0.1) is 5.92 Å². The van der Waals surface area contributed by atoms with Crippen molar-refractivity contribution >= 4 is 18.3 Å². The van der Waals surface area contributed by atoms with Crippen LogP contribution < -0.4 is 5.73 Å². The Bertz CT molecular complexity index is 269. The molecule has 0 saturated heterocycles. The van der Waals surface area contributed by atoms with Crippen LogP contribution in [0.15, 0.2) is 0 Å². The molecule has 0 spiro atoms. The first-order chi connectivity index (χ1) is 8.20. The van der Waals surface area contributed by atoms with E-state index in [2.05, 4.69) is 0 Å². The number of nitrogens with zero attached hydrogens (tertiary/aromatic N) is 1. The zero-order valence-electron chi connectivity index (χ0n) is 11.4. The van der Waals surface area contributed by atoms with Gasteiger partial charge in [-0.15, -0.1) is 12.4 Å². The third-order valence-electron chi connectivity index (χ3n) is 4.61. The van der Waals surface area contributed by atoms with Gasteiger partial charge in [0.1, 0.15) is 0 Å². The van der Waals surface area contributed by atoms with Gasteiger partial charge in [-0.2, -0.15) is 0 Å². The fourth-order valence-corrected chi connectivity index (χ4v) is 3.04. The van der Waals surface area contributed by atoms with Crippen molar-refractivity contribution in [2.45, 2.75) is 69.9 Å². The van der Waals surface area contributed by atoms with E-state index in [9.17, 15) is 4.79 Å². The zero-order valence-corrected chi connectivity index (χ0v) is 12.3. The maximum absolute atomic E-state index is 12.5. The molecule has 3 nitrogen and oxygen atoms in total. The Kier molecular flexibility index (Phi) is 6.44. The molecule has 0 aliphatic heterocycles. The first kappa shape index (κ1) is 15.8. The topological polar surface area (TPSA) is 46.3 Å². The molecule has 2 N–H and O–H groups in total. The van der Waals surface area contributed by atoms with Gasteiger partial charge in [0.05, 0.1) is 5.92 Å². The Morgan fingerprint density at radius 3 is 2.17 bits per heavy atom. The highest BCUT2D eigenvalue weighted by molar-refractivity contribution is 5.85. The molecule has 106 valence electrons. The Morgan fingerprint density at radius 2 is 1.61 bits per heavy atom. The van der Waals surface area contributed by atoms with Gasteiger partial charge in [-0.1, -0.05) is 25.7 Å². The zero-order chi connectivity index (χ0) is 12.3. The van der Waals surface area contributed by atoms with E-state index < -0.39 is 0 Å². The lowest BCUT2D eigenvalue weighted by atomic mass is 9.84. The van der Waals surface area contributed by atoms with Crippen molar-refractivity contribution in [2.24, 2.45) is 11.7 Å². The van der Waals surface area contributed by atoms with Crippen LogP contribution in [0.2, 0.25) is 0 Å². The number of carbonyl (C=O) groups is 1. The number of rotatable bonds is 2. The number of hydrogen-bond donors (Lipinski definition) is 1. The summed E-state index contributed by atoms with van der Waals surface area (Å²) >= 11 is 0. The highest BCUT2D eigenvalue weighted by Gasteiger charge is 2.33. The van der Waals surface area contributed by atoms with Gasteiger partial charge in [0.25, 0.3) is 0 Å². The highest BCUT2D eigenvalue weighted by Crippen LogP contribution is 2.28. The smallest absolute Gasteiger partial charge is 0.227 e. The van der Waals surface area contributed by atoms with Crippen LogP contribution in [0.3, 0.4) is 0 Å². The van der Waals surface area contributed by atoms with E-state index in [0.29, 0.717) is 11.9 Å². The van der Waals surface area contributed by atoms with Crippen molar-refractivity contribution in [2.75, 3.05) is 7.05 Å². The van der Waals surface area contributed by atoms with Crippen molar-refractivity contribution < 1.29 is 4.79 Å². The minimum absolute atomic E-state index is 0. The van der Waals surface area contributed by atoms with E-state index in [1.807, 2.05) is 11.9 Å². The predicted molar refractivity (Wildman–Crippen MR) is 76.8 cm³/mol. The van der Waals surface area contributed by atoms with E-state index in [1.165, 1.54) is 44.9 Å². The first-order valence-electron chi connectivity index (χ1n) is 7.22. The van der Waals surface area contributed by atoms with E-state index >= 15 is 0 Å². The molecule has 0 aromatic heterocycles. The summed E-state index contributed by atoms with van der Waals surface area (Å²) in [6.07, 6.45) is 10.6. The van der Waals surface area contributed by atoms with Crippen molar-refractivity contribution in [3.05, 3.63) is 0 Å². The summed E-state index contributed by atoms with van der Waals surface area (Å²) < 4.78 is 0. The second kappa shape index (κ2) is 7.34. The van der Waals surface area contributed by atoms with Crippen molar-refractivity contribution in [1.82, 2.24) is 4.90 Å². The summed E-state index contributed by atoms with van der Waals surface area (Å²) in [4.78, 5) is 14.4. The average Bonchev–Trinajstić information content (AvgIpc) is 2.21. The minimum Gasteiger partial charge on any atom is -0.342 e. The van der Waals surface area contributed by atoms with Crippen LogP contribution in [0.1, 0.15) is 57.8 Å². The molecule has 0 aromatic rings. The SMILES string of the molecule is CN(C(=O)C1CCCCCCC1N)C1CCC1.Cl. The molecule has 0 heterocycles. The third-order valence-corrected chi connectivity index (χ3v) is 4.61. The Labute approximate surface area is 117 Å². The van der Waals surface area contributed by atoms with Crippen LogP contribution in [0.5, 0.6) is 0 Å². The van der Waals surface area contributed by atoms with Crippen molar-refractivity contribution in [3.8, 4) is 0 Å². The molecule has 18 heavy (non-hydrogen) atoms. The molecular weight excluding hydrogens is 248 g/mol. The number of amides is 1. The van der Waals surface area contributed by atoms with Crippen molar-refractivity contribution in [1.29, 1.82) is 0 Å². The average molecular weight is 275 g/mol. The monoisotopic (exact) mass is 274 g/mol. The highest BCUT2D eigenvalue weighted by atomic mass is 35.5. The van der Waals surface area contributed by atoms with E-state index in [0.717, 1.165) is 12.8 Å². The lowest BCUT2D eigenvalue weighted by Gasteiger charge is -2.38. The van der Waals surface area contributed by atoms with Gasteiger partial charge in [-0.25, -0.2) is 0 Å². The number of carbonyl (C=O) groups excluding carboxylic acids is 1. The molecule has 0 bridgehead atoms. The molecule has 2 saturated carbocycles. The Balaban J connectivity index is 0.00000162. The predicted octanol–water partition coefficient (Wildman–Crippen LogP) is 2.72. The number of hydrogen-bond acceptors (Lipinski definition) is 2. The van der Waals surface area contributed by atoms with Gasteiger partial charge in [-0.05, 0) is 32.1 Å². The van der Waals surface area contributed by atoms with Crippen molar-refractivity contribution in [3.63, 3.8) is 0 Å². The molecule has 2 unspecified atom stereocenters. The maximum atomic E-state index is 12.5. The summed E-state index contributed by atoms with van der Waals surface area (Å²) in [7, 11) is 1.97. The lowest BCUT2D eigenvalue weighted by Crippen LogP contribution is -2.48. The van der Waals surface area contributed by atoms with Crippen LogP contribution in [-0.4, -0.2) is 29.9 Å². The standard InChI is InChI=1S/C14H26N2O.ClH/c1-16(11-7-6-8-11)14(17)12-9-4-2-3-5-10-13(12)15;/h11-13H,2-10,15H2,1H3;1H. The van der Waals surface area contributed by atoms with Crippen LogP contribution in [0.4, 0.5) is 0 Å². The molecule has 0 radical (unpaired) electrons. The summed E-state index contributed by atoms with van der Waals surface area (Å²) in [5.41, 5.74) is 6.20. The van der Waals surface area contributed by atoms with E-state index in [1.54, 1.807) is 0 Å². The summed E-state index contributed by atoms with van der Waals surface area (Å²) in [6.45, 7) is 0. The third kappa shape index (κ3) is 3.61. The van der Waals surface area contributed by atoms with Crippen LogP contribution in [0.25, 0.3) is 0 Å². The second-order valence-electron chi connectivity index (χ2n) is 5.80. The molecule has 1 amide bonds. The molecule has 2 fully saturated rings. The number of nitrogens with two attached hydrogens (primary N) is 1. The quantitative estimate of drug-likeness (QED) is 0.842. The Hall–Kier alpha value is -0.280. The normalized spacial score (nSPS) is 29.4. The molecule has 2 rings (SSSR count). The second-order valence-corrected chi connectivity index (χ2v) is 5.80. The maximum Gasteiger partial charge on any atom is 0.227 e. The minimum atomic E-state index is 0. The number of halogens is 1. The fraction of sp³-hybridized carbons (Fsp3) is 0.929. The Morgan fingerprint density at radius 1 is 1.00 bits per heavy atom. The molecule has 2 aliphatic rings.